The minimum Gasteiger partial charge on any atom is -0.444 e. The second-order valence-corrected chi connectivity index (χ2v) is 9.24. The number of halogens is 2. The number of carbonyl (C=O) groups is 3. The number of piperidine rings is 1. The standard InChI is InChI=1S/C22H29F2N3O4/c1-20(2,3)31-19(30)27-11-10-21(17(13-27)22(21,23)24)14-6-8-15(9-7-14)26-16(18(25)29)5-4-12-28/h6-9,12,16-17,26H,4-5,10-11,13H2,1-3H3,(H2,25,29). The Morgan fingerprint density at radius 3 is 2.48 bits per heavy atom. The van der Waals surface area contributed by atoms with Crippen LogP contribution in [0.2, 0.25) is 0 Å². The largest absolute Gasteiger partial charge is 0.444 e. The molecular weight excluding hydrogens is 408 g/mol. The van der Waals surface area contributed by atoms with E-state index in [2.05, 4.69) is 5.32 Å². The van der Waals surface area contributed by atoms with Crippen molar-refractivity contribution in [1.82, 2.24) is 4.90 Å². The lowest BCUT2D eigenvalue weighted by Crippen LogP contribution is -2.43. The number of hydrogen-bond acceptors (Lipinski definition) is 5. The minimum atomic E-state index is -2.92. The van der Waals surface area contributed by atoms with Gasteiger partial charge in [0.1, 0.15) is 17.9 Å². The van der Waals surface area contributed by atoms with Gasteiger partial charge < -0.3 is 25.5 Å². The van der Waals surface area contributed by atoms with Gasteiger partial charge in [0, 0.05) is 25.2 Å². The Bertz CT molecular complexity index is 853. The number of fused-ring (bicyclic) bond motifs is 1. The highest BCUT2D eigenvalue weighted by molar-refractivity contribution is 5.83. The zero-order valence-corrected chi connectivity index (χ0v) is 18.0. The summed E-state index contributed by atoms with van der Waals surface area (Å²) >= 11 is 0. The number of nitrogens with one attached hydrogen (secondary N) is 1. The van der Waals surface area contributed by atoms with Crippen LogP contribution in [-0.2, 0) is 19.7 Å². The van der Waals surface area contributed by atoms with Gasteiger partial charge in [-0.15, -0.1) is 0 Å². The van der Waals surface area contributed by atoms with Gasteiger partial charge in [-0.2, -0.15) is 0 Å². The van der Waals surface area contributed by atoms with Gasteiger partial charge in [-0.1, -0.05) is 12.1 Å². The third-order valence-electron chi connectivity index (χ3n) is 6.03. The van der Waals surface area contributed by atoms with Crippen LogP contribution in [0.4, 0.5) is 19.3 Å². The lowest BCUT2D eigenvalue weighted by atomic mass is 9.87. The normalized spacial score (nSPS) is 25.2. The van der Waals surface area contributed by atoms with Gasteiger partial charge in [0.05, 0.1) is 11.3 Å². The number of carbonyl (C=O) groups excluding carboxylic acids is 3. The monoisotopic (exact) mass is 437 g/mol. The number of nitrogens with zero attached hydrogens (tertiary/aromatic N) is 1. The van der Waals surface area contributed by atoms with Gasteiger partial charge in [-0.05, 0) is 51.3 Å². The third kappa shape index (κ3) is 4.36. The Labute approximate surface area is 180 Å². The Hall–Kier alpha value is -2.71. The highest BCUT2D eigenvalue weighted by Crippen LogP contribution is 2.70. The molecule has 31 heavy (non-hydrogen) atoms. The summed E-state index contributed by atoms with van der Waals surface area (Å²) in [5.41, 5.74) is 4.42. The van der Waals surface area contributed by atoms with Crippen LogP contribution >= 0.6 is 0 Å². The molecular formula is C22H29F2N3O4. The van der Waals surface area contributed by atoms with Crippen molar-refractivity contribution in [3.63, 3.8) is 0 Å². The van der Waals surface area contributed by atoms with Crippen LogP contribution in [0.5, 0.6) is 0 Å². The molecule has 2 amide bonds. The van der Waals surface area contributed by atoms with Crippen LogP contribution in [0.1, 0.15) is 45.6 Å². The number of rotatable bonds is 7. The Morgan fingerprint density at radius 1 is 1.32 bits per heavy atom. The number of alkyl halides is 2. The van der Waals surface area contributed by atoms with Crippen LogP contribution in [0, 0.1) is 5.92 Å². The van der Waals surface area contributed by atoms with Crippen LogP contribution in [0.15, 0.2) is 24.3 Å². The van der Waals surface area contributed by atoms with E-state index < -0.39 is 40.9 Å². The van der Waals surface area contributed by atoms with Gasteiger partial charge in [-0.3, -0.25) is 4.79 Å². The fourth-order valence-corrected chi connectivity index (χ4v) is 4.38. The molecule has 3 N–H and O–H groups in total. The molecule has 3 atom stereocenters. The lowest BCUT2D eigenvalue weighted by molar-refractivity contribution is -0.118. The maximum Gasteiger partial charge on any atom is 0.410 e. The van der Waals surface area contributed by atoms with Crippen LogP contribution in [-0.4, -0.2) is 53.8 Å². The number of anilines is 1. The van der Waals surface area contributed by atoms with E-state index in [0.717, 1.165) is 0 Å². The maximum atomic E-state index is 14.9. The first-order chi connectivity index (χ1) is 14.4. The first kappa shape index (κ1) is 23.0. The summed E-state index contributed by atoms with van der Waals surface area (Å²) < 4.78 is 35.1. The molecule has 170 valence electrons. The Balaban J connectivity index is 1.71. The minimum absolute atomic E-state index is 0.0582. The SMILES string of the molecule is CC(C)(C)OC(=O)N1CCC2(c3ccc(NC(CCC=O)C(N)=O)cc3)C(C1)C2(F)F. The number of hydrogen-bond donors (Lipinski definition) is 2. The van der Waals surface area contributed by atoms with E-state index in [1.54, 1.807) is 45.0 Å². The predicted octanol–water partition coefficient (Wildman–Crippen LogP) is 3.08. The summed E-state index contributed by atoms with van der Waals surface area (Å²) in [7, 11) is 0. The van der Waals surface area contributed by atoms with E-state index in [0.29, 0.717) is 17.5 Å². The van der Waals surface area contributed by atoms with Crippen molar-refractivity contribution in [2.45, 2.75) is 63.0 Å². The van der Waals surface area contributed by atoms with Crippen molar-refractivity contribution in [1.29, 1.82) is 0 Å². The topological polar surface area (TPSA) is 102 Å². The highest BCUT2D eigenvalue weighted by Gasteiger charge is 2.82. The van der Waals surface area contributed by atoms with Gasteiger partial charge in [0.2, 0.25) is 5.91 Å². The average molecular weight is 437 g/mol. The molecule has 9 heteroatoms. The van der Waals surface area contributed by atoms with Crippen molar-refractivity contribution in [3.8, 4) is 0 Å². The van der Waals surface area contributed by atoms with Crippen molar-refractivity contribution >= 4 is 24.0 Å². The molecule has 0 spiro atoms. The zero-order chi connectivity index (χ0) is 23.0. The number of ether oxygens (including phenoxy) is 1. The first-order valence-electron chi connectivity index (χ1n) is 10.4. The molecule has 3 unspecified atom stereocenters. The molecule has 1 saturated heterocycles. The van der Waals surface area contributed by atoms with Crippen molar-refractivity contribution < 1.29 is 27.9 Å². The average Bonchev–Trinajstić information content (AvgIpc) is 3.19. The summed E-state index contributed by atoms with van der Waals surface area (Å²) in [6.07, 6.45) is 0.713. The fraction of sp³-hybridized carbons (Fsp3) is 0.591. The molecule has 3 rings (SSSR count). The molecule has 1 aliphatic heterocycles. The van der Waals surface area contributed by atoms with Crippen molar-refractivity contribution in [2.24, 2.45) is 11.7 Å². The molecule has 0 bridgehead atoms. The maximum absolute atomic E-state index is 14.9. The second-order valence-electron chi connectivity index (χ2n) is 9.24. The molecule has 1 aromatic carbocycles. The summed E-state index contributed by atoms with van der Waals surface area (Å²) in [4.78, 5) is 35.8. The quantitative estimate of drug-likeness (QED) is 0.639. The van der Waals surface area contributed by atoms with Gasteiger partial charge in [0.15, 0.2) is 0 Å². The van der Waals surface area contributed by atoms with E-state index >= 15 is 0 Å². The number of likely N-dealkylation sites (tertiary alicyclic amines) is 1. The molecule has 1 aromatic rings. The summed E-state index contributed by atoms with van der Waals surface area (Å²) in [6.45, 7) is 5.35. The van der Waals surface area contributed by atoms with Crippen LogP contribution in [0.3, 0.4) is 0 Å². The third-order valence-corrected chi connectivity index (χ3v) is 6.03. The molecule has 0 aromatic heterocycles. The Morgan fingerprint density at radius 2 is 1.97 bits per heavy atom. The van der Waals surface area contributed by atoms with E-state index in [1.165, 1.54) is 4.90 Å². The first-order valence-corrected chi connectivity index (χ1v) is 10.4. The van der Waals surface area contributed by atoms with Gasteiger partial charge >= 0.3 is 6.09 Å². The summed E-state index contributed by atoms with van der Waals surface area (Å²) in [6, 6.07) is 5.79. The van der Waals surface area contributed by atoms with E-state index in [1.807, 2.05) is 0 Å². The zero-order valence-electron chi connectivity index (χ0n) is 18.0. The predicted molar refractivity (Wildman–Crippen MR) is 111 cm³/mol. The van der Waals surface area contributed by atoms with E-state index in [-0.39, 0.29) is 32.4 Å². The van der Waals surface area contributed by atoms with Gasteiger partial charge in [-0.25, -0.2) is 13.6 Å². The van der Waals surface area contributed by atoms with Gasteiger partial charge in [0.25, 0.3) is 5.92 Å². The molecule has 7 nitrogen and oxygen atoms in total. The van der Waals surface area contributed by atoms with Crippen LogP contribution in [0.25, 0.3) is 0 Å². The van der Waals surface area contributed by atoms with Crippen LogP contribution < -0.4 is 11.1 Å². The smallest absolute Gasteiger partial charge is 0.410 e. The molecule has 2 fully saturated rings. The molecule has 2 aliphatic rings. The number of benzene rings is 1. The number of nitrogens with two attached hydrogens (primary N) is 1. The number of amides is 2. The number of aldehydes is 1. The van der Waals surface area contributed by atoms with Crippen molar-refractivity contribution in [2.75, 3.05) is 18.4 Å². The second kappa shape index (κ2) is 8.09. The molecule has 1 heterocycles. The Kier molecular flexibility index (Phi) is 5.99. The van der Waals surface area contributed by atoms with E-state index in [4.69, 9.17) is 10.5 Å². The summed E-state index contributed by atoms with van der Waals surface area (Å²) in [5.74, 6) is -4.47. The summed E-state index contributed by atoms with van der Waals surface area (Å²) in [5, 5.41) is 2.94. The molecule has 0 radical (unpaired) electrons. The highest BCUT2D eigenvalue weighted by atomic mass is 19.3. The fourth-order valence-electron chi connectivity index (χ4n) is 4.38. The molecule has 1 saturated carbocycles. The van der Waals surface area contributed by atoms with Crippen molar-refractivity contribution in [3.05, 3.63) is 29.8 Å². The number of primary amides is 1. The molecule has 1 aliphatic carbocycles. The van der Waals surface area contributed by atoms with E-state index in [9.17, 15) is 23.2 Å². The lowest BCUT2D eigenvalue weighted by Gasteiger charge is -2.32.